The second-order valence-corrected chi connectivity index (χ2v) is 4.94. The van der Waals surface area contributed by atoms with Gasteiger partial charge in [-0.1, -0.05) is 24.3 Å². The van der Waals surface area contributed by atoms with Crippen molar-refractivity contribution in [3.05, 3.63) is 60.7 Å². The lowest BCUT2D eigenvalue weighted by Crippen LogP contribution is -2.07. The zero-order chi connectivity index (χ0) is 14.5. The Kier molecular flexibility index (Phi) is 4.31. The van der Waals surface area contributed by atoms with E-state index in [1.54, 1.807) is 0 Å². The SMILES string of the molecule is C=C(C)c1ccc(/N=N/c2ccc(N(C)C)cc2)cc1. The molecule has 0 amide bonds. The Morgan fingerprint density at radius 2 is 1.30 bits per heavy atom. The van der Waals surface area contributed by atoms with E-state index >= 15 is 0 Å². The Bertz CT molecular complexity index is 608. The molecule has 2 aromatic rings. The molecule has 0 radical (unpaired) electrons. The number of azo groups is 1. The van der Waals surface area contributed by atoms with Crippen molar-refractivity contribution in [1.29, 1.82) is 0 Å². The molecule has 0 heterocycles. The number of allylic oxidation sites excluding steroid dienone is 1. The Morgan fingerprint density at radius 1 is 0.850 bits per heavy atom. The van der Waals surface area contributed by atoms with Gasteiger partial charge < -0.3 is 4.90 Å². The fraction of sp³-hybridized carbons (Fsp3) is 0.176. The Balaban J connectivity index is 2.10. The highest BCUT2D eigenvalue weighted by molar-refractivity contribution is 5.62. The Morgan fingerprint density at radius 3 is 1.70 bits per heavy atom. The summed E-state index contributed by atoms with van der Waals surface area (Å²) in [5.41, 5.74) is 5.01. The first-order chi connectivity index (χ1) is 9.56. The van der Waals surface area contributed by atoms with E-state index in [4.69, 9.17) is 0 Å². The number of nitrogens with zero attached hydrogens (tertiary/aromatic N) is 3. The van der Waals surface area contributed by atoms with Crippen LogP contribution in [0.5, 0.6) is 0 Å². The second-order valence-electron chi connectivity index (χ2n) is 4.94. The van der Waals surface area contributed by atoms with Gasteiger partial charge in [0.25, 0.3) is 0 Å². The van der Waals surface area contributed by atoms with Crippen molar-refractivity contribution >= 4 is 22.6 Å². The molecule has 0 saturated heterocycles. The lowest BCUT2D eigenvalue weighted by molar-refractivity contribution is 1.13. The zero-order valence-corrected chi connectivity index (χ0v) is 12.2. The maximum absolute atomic E-state index is 4.24. The summed E-state index contributed by atoms with van der Waals surface area (Å²) in [6.07, 6.45) is 0. The average Bonchev–Trinajstić information content (AvgIpc) is 2.46. The summed E-state index contributed by atoms with van der Waals surface area (Å²) >= 11 is 0. The normalized spacial score (nSPS) is 10.8. The number of hydrogen-bond donors (Lipinski definition) is 0. The standard InChI is InChI=1S/C17H19N3/c1-13(2)14-5-7-15(8-6-14)18-19-16-9-11-17(12-10-16)20(3)4/h5-12H,1H2,2-4H3/b19-18+. The van der Waals surface area contributed by atoms with Gasteiger partial charge in [0.05, 0.1) is 11.4 Å². The van der Waals surface area contributed by atoms with Crippen LogP contribution < -0.4 is 4.90 Å². The highest BCUT2D eigenvalue weighted by atomic mass is 15.1. The van der Waals surface area contributed by atoms with Gasteiger partial charge in [0.2, 0.25) is 0 Å². The van der Waals surface area contributed by atoms with Crippen LogP contribution in [-0.2, 0) is 0 Å². The maximum Gasteiger partial charge on any atom is 0.0858 e. The van der Waals surface area contributed by atoms with Crippen LogP contribution in [0.15, 0.2) is 65.3 Å². The van der Waals surface area contributed by atoms with Gasteiger partial charge in [0.15, 0.2) is 0 Å². The summed E-state index contributed by atoms with van der Waals surface area (Å²) in [6, 6.07) is 15.9. The summed E-state index contributed by atoms with van der Waals surface area (Å²) < 4.78 is 0. The average molecular weight is 265 g/mol. The van der Waals surface area contributed by atoms with Crippen molar-refractivity contribution in [3.63, 3.8) is 0 Å². The second kappa shape index (κ2) is 6.15. The number of rotatable bonds is 4. The molecular weight excluding hydrogens is 246 g/mol. The minimum atomic E-state index is 0.840. The molecule has 0 unspecified atom stereocenters. The molecule has 0 spiro atoms. The highest BCUT2D eigenvalue weighted by Gasteiger charge is 1.96. The maximum atomic E-state index is 4.24. The van der Waals surface area contributed by atoms with E-state index in [0.29, 0.717) is 0 Å². The van der Waals surface area contributed by atoms with Crippen LogP contribution in [0.2, 0.25) is 0 Å². The molecule has 20 heavy (non-hydrogen) atoms. The van der Waals surface area contributed by atoms with E-state index in [1.807, 2.05) is 69.6 Å². The van der Waals surface area contributed by atoms with Gasteiger partial charge in [-0.2, -0.15) is 10.2 Å². The highest BCUT2D eigenvalue weighted by Crippen LogP contribution is 2.22. The van der Waals surface area contributed by atoms with E-state index in [2.05, 4.69) is 21.7 Å². The van der Waals surface area contributed by atoms with Crippen LogP contribution in [0.3, 0.4) is 0 Å². The van der Waals surface area contributed by atoms with Gasteiger partial charge >= 0.3 is 0 Å². The fourth-order valence-electron chi connectivity index (χ4n) is 1.75. The number of anilines is 1. The van der Waals surface area contributed by atoms with Gasteiger partial charge in [-0.25, -0.2) is 0 Å². The third kappa shape index (κ3) is 3.54. The summed E-state index contributed by atoms with van der Waals surface area (Å²) in [5.74, 6) is 0. The lowest BCUT2D eigenvalue weighted by atomic mass is 10.1. The molecule has 0 fully saturated rings. The Hall–Kier alpha value is -2.42. The number of benzene rings is 2. The molecule has 0 atom stereocenters. The molecule has 0 bridgehead atoms. The van der Waals surface area contributed by atoms with Crippen LogP contribution in [0, 0.1) is 0 Å². The molecule has 0 aromatic heterocycles. The van der Waals surface area contributed by atoms with Crippen molar-refractivity contribution in [3.8, 4) is 0 Å². The first kappa shape index (κ1) is 14.0. The molecule has 0 aliphatic rings. The molecule has 0 aliphatic carbocycles. The first-order valence-corrected chi connectivity index (χ1v) is 6.51. The predicted octanol–water partition coefficient (Wildman–Crippen LogP) is 5.20. The minimum absolute atomic E-state index is 0.840. The summed E-state index contributed by atoms with van der Waals surface area (Å²) in [7, 11) is 4.03. The lowest BCUT2D eigenvalue weighted by Gasteiger charge is -2.11. The van der Waals surface area contributed by atoms with Crippen LogP contribution >= 0.6 is 0 Å². The first-order valence-electron chi connectivity index (χ1n) is 6.51. The third-order valence-electron chi connectivity index (χ3n) is 3.01. The van der Waals surface area contributed by atoms with E-state index in [-0.39, 0.29) is 0 Å². The number of hydrogen-bond acceptors (Lipinski definition) is 3. The quantitative estimate of drug-likeness (QED) is 0.698. The molecular formula is C17H19N3. The van der Waals surface area contributed by atoms with Crippen LogP contribution in [0.1, 0.15) is 12.5 Å². The minimum Gasteiger partial charge on any atom is -0.378 e. The van der Waals surface area contributed by atoms with Crippen molar-refractivity contribution in [2.75, 3.05) is 19.0 Å². The van der Waals surface area contributed by atoms with Gasteiger partial charge in [-0.05, 0) is 48.9 Å². The summed E-state index contributed by atoms with van der Waals surface area (Å²) in [5, 5.41) is 8.47. The predicted molar refractivity (Wildman–Crippen MR) is 86.1 cm³/mol. The Labute approximate surface area is 120 Å². The molecule has 0 N–H and O–H groups in total. The molecule has 0 aliphatic heterocycles. The van der Waals surface area contributed by atoms with Gasteiger partial charge in [0.1, 0.15) is 0 Å². The zero-order valence-electron chi connectivity index (χ0n) is 12.2. The summed E-state index contributed by atoms with van der Waals surface area (Å²) in [4.78, 5) is 2.05. The molecule has 2 rings (SSSR count). The molecule has 2 aromatic carbocycles. The van der Waals surface area contributed by atoms with E-state index in [0.717, 1.165) is 28.2 Å². The van der Waals surface area contributed by atoms with Crippen LogP contribution in [0.25, 0.3) is 5.57 Å². The molecule has 102 valence electrons. The van der Waals surface area contributed by atoms with E-state index in [1.165, 1.54) is 0 Å². The van der Waals surface area contributed by atoms with Crippen LogP contribution in [0.4, 0.5) is 17.1 Å². The summed E-state index contributed by atoms with van der Waals surface area (Å²) in [6.45, 7) is 5.90. The van der Waals surface area contributed by atoms with Crippen molar-refractivity contribution in [1.82, 2.24) is 0 Å². The van der Waals surface area contributed by atoms with Crippen LogP contribution in [-0.4, -0.2) is 14.1 Å². The largest absolute Gasteiger partial charge is 0.378 e. The smallest absolute Gasteiger partial charge is 0.0858 e. The van der Waals surface area contributed by atoms with Crippen molar-refractivity contribution in [2.24, 2.45) is 10.2 Å². The van der Waals surface area contributed by atoms with Crippen molar-refractivity contribution in [2.45, 2.75) is 6.92 Å². The molecule has 0 saturated carbocycles. The topological polar surface area (TPSA) is 28.0 Å². The fourth-order valence-corrected chi connectivity index (χ4v) is 1.75. The van der Waals surface area contributed by atoms with Gasteiger partial charge in [-0.3, -0.25) is 0 Å². The monoisotopic (exact) mass is 265 g/mol. The van der Waals surface area contributed by atoms with E-state index < -0.39 is 0 Å². The molecule has 3 heteroatoms. The third-order valence-corrected chi connectivity index (χ3v) is 3.01. The van der Waals surface area contributed by atoms with E-state index in [9.17, 15) is 0 Å². The van der Waals surface area contributed by atoms with Gasteiger partial charge in [0, 0.05) is 19.8 Å². The van der Waals surface area contributed by atoms with Crippen molar-refractivity contribution < 1.29 is 0 Å². The molecule has 3 nitrogen and oxygen atoms in total. The van der Waals surface area contributed by atoms with Gasteiger partial charge in [-0.15, -0.1) is 0 Å².